The maximum atomic E-state index is 5.57. The molecule has 0 unspecified atom stereocenters. The van der Waals surface area contributed by atoms with Crippen molar-refractivity contribution in [2.45, 2.75) is 0 Å². The van der Waals surface area contributed by atoms with E-state index in [1.807, 2.05) is 0 Å². The molecule has 13 heavy (non-hydrogen) atoms. The number of anilines is 2. The molecular weight excluding hydrogens is 172 g/mol. The van der Waals surface area contributed by atoms with Crippen molar-refractivity contribution in [3.63, 3.8) is 0 Å². The molecule has 0 aliphatic heterocycles. The van der Waals surface area contributed by atoms with Crippen molar-refractivity contribution in [3.8, 4) is 11.8 Å². The van der Waals surface area contributed by atoms with Crippen molar-refractivity contribution in [1.29, 1.82) is 0 Å². The molecular formula is C7H10N4O2. The van der Waals surface area contributed by atoms with E-state index in [9.17, 15) is 0 Å². The van der Waals surface area contributed by atoms with Crippen LogP contribution in [0.25, 0.3) is 0 Å². The van der Waals surface area contributed by atoms with E-state index in [1.54, 1.807) is 0 Å². The monoisotopic (exact) mass is 182 g/mol. The standard InChI is InChI=1S/C7H10N4O2/c1-3-13-6-4(8)5(12-2)10-7(9)11-6/h3H,1,8H2,2H3,(H2,9,10,11). The lowest BCUT2D eigenvalue weighted by Gasteiger charge is -2.07. The first kappa shape index (κ1) is 9.11. The second-order valence-electron chi connectivity index (χ2n) is 2.09. The molecule has 0 atom stereocenters. The van der Waals surface area contributed by atoms with Gasteiger partial charge < -0.3 is 20.9 Å². The Morgan fingerprint density at radius 2 is 1.92 bits per heavy atom. The molecule has 1 heterocycles. The molecule has 70 valence electrons. The van der Waals surface area contributed by atoms with Crippen LogP contribution in [-0.4, -0.2) is 17.1 Å². The van der Waals surface area contributed by atoms with Gasteiger partial charge in [0, 0.05) is 0 Å². The van der Waals surface area contributed by atoms with E-state index in [-0.39, 0.29) is 23.4 Å². The molecule has 0 aliphatic carbocycles. The fourth-order valence-corrected chi connectivity index (χ4v) is 0.769. The van der Waals surface area contributed by atoms with E-state index in [0.29, 0.717) is 0 Å². The van der Waals surface area contributed by atoms with Gasteiger partial charge in [-0.1, -0.05) is 6.58 Å². The number of hydrogen-bond acceptors (Lipinski definition) is 6. The molecule has 0 amide bonds. The number of nitrogens with zero attached hydrogens (tertiary/aromatic N) is 2. The fraction of sp³-hybridized carbons (Fsp3) is 0.143. The average molecular weight is 182 g/mol. The Labute approximate surface area is 75.2 Å². The third-order valence-electron chi connectivity index (χ3n) is 1.28. The molecule has 0 saturated heterocycles. The highest BCUT2D eigenvalue weighted by molar-refractivity contribution is 5.58. The smallest absolute Gasteiger partial charge is 0.251 e. The van der Waals surface area contributed by atoms with Gasteiger partial charge in [-0.15, -0.1) is 0 Å². The first-order valence-corrected chi connectivity index (χ1v) is 3.43. The van der Waals surface area contributed by atoms with Crippen LogP contribution in [0.15, 0.2) is 12.8 Å². The van der Waals surface area contributed by atoms with Gasteiger partial charge in [-0.05, 0) is 0 Å². The summed E-state index contributed by atoms with van der Waals surface area (Å²) in [6.45, 7) is 3.36. The van der Waals surface area contributed by atoms with Gasteiger partial charge in [0.2, 0.25) is 11.8 Å². The number of ether oxygens (including phenoxy) is 2. The lowest BCUT2D eigenvalue weighted by molar-refractivity contribution is 0.393. The Bertz CT molecular complexity index is 327. The first-order valence-electron chi connectivity index (χ1n) is 3.43. The van der Waals surface area contributed by atoms with Crippen molar-refractivity contribution in [2.24, 2.45) is 0 Å². The van der Waals surface area contributed by atoms with Crippen molar-refractivity contribution < 1.29 is 9.47 Å². The molecule has 0 bridgehead atoms. The summed E-state index contributed by atoms with van der Waals surface area (Å²) >= 11 is 0. The van der Waals surface area contributed by atoms with Crippen LogP contribution in [-0.2, 0) is 0 Å². The number of nitrogens with two attached hydrogens (primary N) is 2. The molecule has 0 aromatic carbocycles. The molecule has 6 nitrogen and oxygen atoms in total. The summed E-state index contributed by atoms with van der Waals surface area (Å²) in [6, 6.07) is 0. The summed E-state index contributed by atoms with van der Waals surface area (Å²) in [5.74, 6) is 0.353. The Hall–Kier alpha value is -1.98. The fourth-order valence-electron chi connectivity index (χ4n) is 0.769. The van der Waals surface area contributed by atoms with Crippen LogP contribution in [0.4, 0.5) is 11.6 Å². The Kier molecular flexibility index (Phi) is 2.53. The van der Waals surface area contributed by atoms with Crippen molar-refractivity contribution in [1.82, 2.24) is 9.97 Å². The van der Waals surface area contributed by atoms with Gasteiger partial charge in [-0.3, -0.25) is 0 Å². The summed E-state index contributed by atoms with van der Waals surface area (Å²) in [5, 5.41) is 0. The third-order valence-corrected chi connectivity index (χ3v) is 1.28. The van der Waals surface area contributed by atoms with Crippen LogP contribution in [0.3, 0.4) is 0 Å². The maximum Gasteiger partial charge on any atom is 0.251 e. The van der Waals surface area contributed by atoms with Gasteiger partial charge in [0.05, 0.1) is 13.4 Å². The van der Waals surface area contributed by atoms with Gasteiger partial charge in [-0.2, -0.15) is 9.97 Å². The van der Waals surface area contributed by atoms with E-state index < -0.39 is 0 Å². The van der Waals surface area contributed by atoms with Gasteiger partial charge in [0.25, 0.3) is 5.88 Å². The topological polar surface area (TPSA) is 96.3 Å². The third kappa shape index (κ3) is 1.78. The minimum absolute atomic E-state index is 0.0305. The predicted molar refractivity (Wildman–Crippen MR) is 48.2 cm³/mol. The van der Waals surface area contributed by atoms with Crippen LogP contribution in [0, 0.1) is 0 Å². The zero-order valence-electron chi connectivity index (χ0n) is 7.15. The maximum absolute atomic E-state index is 5.57. The van der Waals surface area contributed by atoms with E-state index in [2.05, 4.69) is 16.5 Å². The second kappa shape index (κ2) is 3.61. The average Bonchev–Trinajstić information content (AvgIpc) is 2.11. The molecule has 1 rings (SSSR count). The first-order chi connectivity index (χ1) is 6.19. The SMILES string of the molecule is C=COc1nc(N)nc(OC)c1N. The molecule has 6 heteroatoms. The molecule has 0 aliphatic rings. The van der Waals surface area contributed by atoms with Gasteiger partial charge in [0.1, 0.15) is 0 Å². The van der Waals surface area contributed by atoms with E-state index in [4.69, 9.17) is 20.9 Å². The predicted octanol–water partition coefficient (Wildman–Crippen LogP) is 0.172. The van der Waals surface area contributed by atoms with Gasteiger partial charge in [0.15, 0.2) is 5.69 Å². The highest BCUT2D eigenvalue weighted by Gasteiger charge is 2.10. The number of rotatable bonds is 3. The lowest BCUT2D eigenvalue weighted by atomic mass is 10.5. The highest BCUT2D eigenvalue weighted by atomic mass is 16.5. The van der Waals surface area contributed by atoms with Crippen molar-refractivity contribution in [3.05, 3.63) is 12.8 Å². The number of aromatic nitrogens is 2. The summed E-state index contributed by atoms with van der Waals surface area (Å²) in [5.41, 5.74) is 11.1. The molecule has 0 saturated carbocycles. The Morgan fingerprint density at radius 3 is 2.46 bits per heavy atom. The molecule has 0 fully saturated rings. The van der Waals surface area contributed by atoms with Crippen LogP contribution in [0.5, 0.6) is 11.8 Å². The summed E-state index contributed by atoms with van der Waals surface area (Å²) in [6.07, 6.45) is 1.19. The Balaban J connectivity index is 3.18. The molecule has 1 aromatic heterocycles. The molecule has 4 N–H and O–H groups in total. The number of methoxy groups -OCH3 is 1. The van der Waals surface area contributed by atoms with Crippen molar-refractivity contribution in [2.75, 3.05) is 18.6 Å². The molecule has 0 spiro atoms. The van der Waals surface area contributed by atoms with Crippen LogP contribution in [0.2, 0.25) is 0 Å². The molecule has 0 radical (unpaired) electrons. The Morgan fingerprint density at radius 1 is 1.31 bits per heavy atom. The van der Waals surface area contributed by atoms with Crippen LogP contribution >= 0.6 is 0 Å². The number of nitrogen functional groups attached to an aromatic ring is 2. The normalized spacial score (nSPS) is 9.31. The highest BCUT2D eigenvalue weighted by Crippen LogP contribution is 2.28. The summed E-state index contributed by atoms with van der Waals surface area (Å²) in [7, 11) is 1.43. The van der Waals surface area contributed by atoms with Gasteiger partial charge in [-0.25, -0.2) is 0 Å². The lowest BCUT2D eigenvalue weighted by Crippen LogP contribution is -2.04. The van der Waals surface area contributed by atoms with Crippen LogP contribution < -0.4 is 20.9 Å². The van der Waals surface area contributed by atoms with Gasteiger partial charge >= 0.3 is 0 Å². The summed E-state index contributed by atoms with van der Waals surface area (Å²) < 4.78 is 9.73. The quantitative estimate of drug-likeness (QED) is 0.647. The second-order valence-corrected chi connectivity index (χ2v) is 2.09. The van der Waals surface area contributed by atoms with E-state index in [0.717, 1.165) is 0 Å². The minimum atomic E-state index is 0.0305. The minimum Gasteiger partial charge on any atom is -0.479 e. The summed E-state index contributed by atoms with van der Waals surface area (Å²) in [4.78, 5) is 7.48. The number of hydrogen-bond donors (Lipinski definition) is 2. The van der Waals surface area contributed by atoms with Crippen LogP contribution in [0.1, 0.15) is 0 Å². The van der Waals surface area contributed by atoms with Crippen molar-refractivity contribution >= 4 is 11.6 Å². The van der Waals surface area contributed by atoms with E-state index >= 15 is 0 Å². The largest absolute Gasteiger partial charge is 0.479 e. The molecule has 1 aromatic rings. The van der Waals surface area contributed by atoms with E-state index in [1.165, 1.54) is 13.4 Å². The zero-order chi connectivity index (χ0) is 9.84. The zero-order valence-corrected chi connectivity index (χ0v) is 7.15.